The van der Waals surface area contributed by atoms with Gasteiger partial charge < -0.3 is 29.9 Å². The van der Waals surface area contributed by atoms with Crippen molar-refractivity contribution in [3.63, 3.8) is 0 Å². The summed E-state index contributed by atoms with van der Waals surface area (Å²) in [6, 6.07) is 8.93. The Balaban J connectivity index is 2.03. The zero-order chi connectivity index (χ0) is 20.7. The number of ether oxygens (including phenoxy) is 2. The molecule has 0 heterocycles. The van der Waals surface area contributed by atoms with Crippen LogP contribution >= 0.6 is 0 Å². The van der Waals surface area contributed by atoms with Crippen LogP contribution in [0.5, 0.6) is 23.0 Å². The number of ketones is 1. The van der Waals surface area contributed by atoms with Gasteiger partial charge in [-0.15, -0.1) is 0 Å². The predicted octanol–water partition coefficient (Wildman–Crippen LogP) is 3.26. The third-order valence-electron chi connectivity index (χ3n) is 3.94. The number of rotatable bonds is 8. The van der Waals surface area contributed by atoms with E-state index in [2.05, 4.69) is 0 Å². The van der Waals surface area contributed by atoms with E-state index >= 15 is 0 Å². The number of aliphatic hydroxyl groups is 2. The van der Waals surface area contributed by atoms with Crippen LogP contribution < -0.4 is 9.47 Å². The van der Waals surface area contributed by atoms with E-state index in [9.17, 15) is 25.2 Å². The summed E-state index contributed by atoms with van der Waals surface area (Å²) in [5.41, 5.74) is 1.06. The Morgan fingerprint density at radius 2 is 1.64 bits per heavy atom. The number of carbonyl (C=O) groups is 1. The molecular formula is C21H22O7. The largest absolute Gasteiger partial charge is 0.508 e. The van der Waals surface area contributed by atoms with Crippen LogP contribution in [0, 0.1) is 0 Å². The predicted molar refractivity (Wildman–Crippen MR) is 104 cm³/mol. The lowest BCUT2D eigenvalue weighted by Gasteiger charge is -2.11. The Hall–Kier alpha value is -3.45. The summed E-state index contributed by atoms with van der Waals surface area (Å²) in [4.78, 5) is 12.1. The fourth-order valence-corrected chi connectivity index (χ4v) is 2.46. The highest BCUT2D eigenvalue weighted by Crippen LogP contribution is 2.30. The minimum absolute atomic E-state index is 0.00515. The van der Waals surface area contributed by atoms with Crippen LogP contribution in [0.25, 0.3) is 6.08 Å². The molecule has 0 aliphatic rings. The van der Waals surface area contributed by atoms with Gasteiger partial charge in [0.2, 0.25) is 0 Å². The molecule has 7 heteroatoms. The molecule has 0 amide bonds. The lowest BCUT2D eigenvalue weighted by molar-refractivity contribution is -0.116. The Morgan fingerprint density at radius 1 is 1.04 bits per heavy atom. The monoisotopic (exact) mass is 386 g/mol. The van der Waals surface area contributed by atoms with Crippen molar-refractivity contribution in [1.82, 2.24) is 0 Å². The molecule has 2 aromatic rings. The molecule has 2 aromatic carbocycles. The minimum atomic E-state index is -1.11. The Morgan fingerprint density at radius 3 is 2.29 bits per heavy atom. The van der Waals surface area contributed by atoms with Crippen LogP contribution in [0.15, 0.2) is 54.3 Å². The van der Waals surface area contributed by atoms with Gasteiger partial charge in [-0.3, -0.25) is 4.79 Å². The van der Waals surface area contributed by atoms with Crippen molar-refractivity contribution in [2.75, 3.05) is 14.2 Å². The number of aliphatic hydroxyl groups excluding tert-OH is 2. The molecule has 148 valence electrons. The van der Waals surface area contributed by atoms with E-state index < -0.39 is 11.9 Å². The van der Waals surface area contributed by atoms with Crippen LogP contribution in [-0.4, -0.2) is 40.4 Å². The Kier molecular flexibility index (Phi) is 7.06. The standard InChI is InChI=1S/C21H22O7/c1-27-20-9-13(4-7-17(20)24)3-6-15(22)11-16(23)12-19(26)14-5-8-18(25)21(10-14)28-2/h3-11,19,22,24-26H,12H2,1-2H3/b6-3+,15-11-. The summed E-state index contributed by atoms with van der Waals surface area (Å²) < 4.78 is 9.97. The second kappa shape index (κ2) is 9.48. The van der Waals surface area contributed by atoms with Gasteiger partial charge >= 0.3 is 0 Å². The molecular weight excluding hydrogens is 364 g/mol. The van der Waals surface area contributed by atoms with Crippen LogP contribution in [-0.2, 0) is 4.79 Å². The maximum Gasteiger partial charge on any atom is 0.162 e. The average molecular weight is 386 g/mol. The molecule has 1 atom stereocenters. The van der Waals surface area contributed by atoms with Crippen molar-refractivity contribution in [3.8, 4) is 23.0 Å². The van der Waals surface area contributed by atoms with Crippen molar-refractivity contribution in [1.29, 1.82) is 0 Å². The van der Waals surface area contributed by atoms with Crippen molar-refractivity contribution < 1.29 is 34.7 Å². The third-order valence-corrected chi connectivity index (χ3v) is 3.94. The van der Waals surface area contributed by atoms with Gasteiger partial charge in [0.25, 0.3) is 0 Å². The van der Waals surface area contributed by atoms with Crippen LogP contribution in [0.2, 0.25) is 0 Å². The third kappa shape index (κ3) is 5.52. The Labute approximate surface area is 162 Å². The van der Waals surface area contributed by atoms with E-state index in [1.165, 1.54) is 44.6 Å². The van der Waals surface area contributed by atoms with Gasteiger partial charge in [0.1, 0.15) is 5.76 Å². The quantitative estimate of drug-likeness (QED) is 0.313. The number of methoxy groups -OCH3 is 2. The highest BCUT2D eigenvalue weighted by molar-refractivity contribution is 5.91. The molecule has 1 unspecified atom stereocenters. The van der Waals surface area contributed by atoms with E-state index in [1.807, 2.05) is 0 Å². The summed E-state index contributed by atoms with van der Waals surface area (Å²) in [6.07, 6.45) is 2.51. The fourth-order valence-electron chi connectivity index (χ4n) is 2.46. The molecule has 7 nitrogen and oxygen atoms in total. The molecule has 2 rings (SSSR count). The highest BCUT2D eigenvalue weighted by Gasteiger charge is 2.14. The van der Waals surface area contributed by atoms with Gasteiger partial charge in [0.15, 0.2) is 28.8 Å². The average Bonchev–Trinajstić information content (AvgIpc) is 2.67. The molecule has 0 saturated heterocycles. The molecule has 0 saturated carbocycles. The summed E-state index contributed by atoms with van der Waals surface area (Å²) in [6.45, 7) is 0. The molecule has 4 N–H and O–H groups in total. The molecule has 0 bridgehead atoms. The number of aromatic hydroxyl groups is 2. The van der Waals surface area contributed by atoms with Gasteiger partial charge in [-0.05, 0) is 41.5 Å². The number of benzene rings is 2. The first kappa shape index (κ1) is 20.9. The van der Waals surface area contributed by atoms with Gasteiger partial charge in [-0.1, -0.05) is 18.2 Å². The number of allylic oxidation sites excluding steroid dienone is 2. The molecule has 0 radical (unpaired) electrons. The van der Waals surface area contributed by atoms with Gasteiger partial charge in [-0.25, -0.2) is 0 Å². The molecule has 0 fully saturated rings. The van der Waals surface area contributed by atoms with Crippen LogP contribution in [0.3, 0.4) is 0 Å². The number of hydrogen-bond donors (Lipinski definition) is 4. The van der Waals surface area contributed by atoms with Crippen molar-refractivity contribution in [3.05, 3.63) is 65.4 Å². The highest BCUT2D eigenvalue weighted by atomic mass is 16.5. The van der Waals surface area contributed by atoms with Crippen LogP contribution in [0.1, 0.15) is 23.7 Å². The van der Waals surface area contributed by atoms with Crippen LogP contribution in [0.4, 0.5) is 0 Å². The lowest BCUT2D eigenvalue weighted by Crippen LogP contribution is -2.05. The van der Waals surface area contributed by atoms with E-state index in [0.717, 1.165) is 6.08 Å². The van der Waals surface area contributed by atoms with Gasteiger partial charge in [-0.2, -0.15) is 0 Å². The first-order chi connectivity index (χ1) is 13.3. The second-order valence-corrected chi connectivity index (χ2v) is 5.95. The first-order valence-electron chi connectivity index (χ1n) is 8.37. The van der Waals surface area contributed by atoms with Crippen molar-refractivity contribution >= 4 is 11.9 Å². The summed E-state index contributed by atoms with van der Waals surface area (Å²) >= 11 is 0. The zero-order valence-corrected chi connectivity index (χ0v) is 15.5. The number of phenols is 2. The van der Waals surface area contributed by atoms with Crippen molar-refractivity contribution in [2.24, 2.45) is 0 Å². The Bertz CT molecular complexity index is 900. The molecule has 0 aliphatic carbocycles. The number of phenolic OH excluding ortho intramolecular Hbond substituents is 2. The number of carbonyl (C=O) groups excluding carboxylic acids is 1. The smallest absolute Gasteiger partial charge is 0.162 e. The fraction of sp³-hybridized carbons (Fsp3) is 0.190. The summed E-state index contributed by atoms with van der Waals surface area (Å²) in [5, 5.41) is 39.2. The molecule has 28 heavy (non-hydrogen) atoms. The SMILES string of the molecule is COc1cc(/C=C/C(O)=C/C(=O)CC(O)c2ccc(O)c(OC)c2)ccc1O. The zero-order valence-electron chi connectivity index (χ0n) is 15.5. The second-order valence-electron chi connectivity index (χ2n) is 5.95. The first-order valence-corrected chi connectivity index (χ1v) is 8.37. The lowest BCUT2D eigenvalue weighted by atomic mass is 10.0. The number of hydrogen-bond acceptors (Lipinski definition) is 7. The van der Waals surface area contributed by atoms with Gasteiger partial charge in [0.05, 0.1) is 20.3 Å². The van der Waals surface area contributed by atoms with Gasteiger partial charge in [0, 0.05) is 12.5 Å². The van der Waals surface area contributed by atoms with E-state index in [0.29, 0.717) is 11.1 Å². The topological polar surface area (TPSA) is 116 Å². The molecule has 0 spiro atoms. The molecule has 0 aliphatic heterocycles. The minimum Gasteiger partial charge on any atom is -0.508 e. The summed E-state index contributed by atoms with van der Waals surface area (Å²) in [7, 11) is 2.81. The van der Waals surface area contributed by atoms with E-state index in [-0.39, 0.29) is 35.2 Å². The normalized spacial score (nSPS) is 12.8. The van der Waals surface area contributed by atoms with E-state index in [4.69, 9.17) is 9.47 Å². The molecule has 0 aromatic heterocycles. The maximum atomic E-state index is 12.1. The van der Waals surface area contributed by atoms with Crippen molar-refractivity contribution in [2.45, 2.75) is 12.5 Å². The van der Waals surface area contributed by atoms with E-state index in [1.54, 1.807) is 18.2 Å². The maximum absolute atomic E-state index is 12.1. The summed E-state index contributed by atoms with van der Waals surface area (Å²) in [5.74, 6) is -0.367.